The van der Waals surface area contributed by atoms with E-state index in [-0.39, 0.29) is 23.4 Å². The second-order valence-electron chi connectivity index (χ2n) is 7.79. The van der Waals surface area contributed by atoms with Gasteiger partial charge < -0.3 is 11.1 Å². The molecule has 1 aliphatic rings. The van der Waals surface area contributed by atoms with E-state index in [9.17, 15) is 9.59 Å². The van der Waals surface area contributed by atoms with Crippen molar-refractivity contribution in [2.24, 2.45) is 0 Å². The molecule has 0 spiro atoms. The van der Waals surface area contributed by atoms with Crippen molar-refractivity contribution in [2.75, 3.05) is 5.73 Å². The molecule has 0 unspecified atom stereocenters. The van der Waals surface area contributed by atoms with Crippen molar-refractivity contribution in [1.29, 1.82) is 0 Å². The summed E-state index contributed by atoms with van der Waals surface area (Å²) in [6.45, 7) is 4.02. The average Bonchev–Trinajstić information content (AvgIpc) is 3.51. The Labute approximate surface area is 176 Å². The highest BCUT2D eigenvalue weighted by Gasteiger charge is 2.26. The summed E-state index contributed by atoms with van der Waals surface area (Å²) < 4.78 is 1.82. The van der Waals surface area contributed by atoms with Crippen LogP contribution in [0.3, 0.4) is 0 Å². The Kier molecular flexibility index (Phi) is 5.40. The third kappa shape index (κ3) is 3.85. The number of nitrogens with one attached hydrogen (secondary N) is 1. The molecule has 154 valence electrons. The first-order chi connectivity index (χ1) is 14.5. The normalized spacial score (nSPS) is 13.3. The molecule has 6 heteroatoms. The first-order valence-corrected chi connectivity index (χ1v) is 10.4. The van der Waals surface area contributed by atoms with Crippen molar-refractivity contribution in [1.82, 2.24) is 14.9 Å². The van der Waals surface area contributed by atoms with Crippen molar-refractivity contribution in [3.8, 4) is 5.69 Å². The lowest BCUT2D eigenvalue weighted by Gasteiger charge is -2.14. The summed E-state index contributed by atoms with van der Waals surface area (Å²) in [5.41, 5.74) is 9.58. The number of ketones is 1. The number of rotatable bonds is 7. The van der Waals surface area contributed by atoms with Gasteiger partial charge in [0, 0.05) is 23.6 Å². The number of imidazole rings is 1. The summed E-state index contributed by atoms with van der Waals surface area (Å²) >= 11 is 0. The molecule has 1 saturated carbocycles. The largest absolute Gasteiger partial charge is 0.383 e. The van der Waals surface area contributed by atoms with Crippen molar-refractivity contribution in [3.05, 3.63) is 76.7 Å². The minimum Gasteiger partial charge on any atom is -0.383 e. The first kappa shape index (κ1) is 19.9. The Bertz CT molecular complexity index is 1100. The van der Waals surface area contributed by atoms with Crippen LogP contribution in [0.2, 0.25) is 0 Å². The molecular weight excluding hydrogens is 376 g/mol. The molecule has 0 saturated heterocycles. The Morgan fingerprint density at radius 2 is 1.87 bits per heavy atom. The summed E-state index contributed by atoms with van der Waals surface area (Å²) in [4.78, 5) is 30.2. The van der Waals surface area contributed by atoms with E-state index in [1.54, 1.807) is 12.1 Å². The summed E-state index contributed by atoms with van der Waals surface area (Å²) in [6, 6.07) is 14.9. The van der Waals surface area contributed by atoms with Crippen LogP contribution in [-0.2, 0) is 6.42 Å². The average molecular weight is 402 g/mol. The molecule has 3 aromatic rings. The van der Waals surface area contributed by atoms with Crippen molar-refractivity contribution >= 4 is 17.5 Å². The minimum atomic E-state index is -0.204. The van der Waals surface area contributed by atoms with E-state index in [0.717, 1.165) is 36.3 Å². The molecule has 30 heavy (non-hydrogen) atoms. The van der Waals surface area contributed by atoms with Gasteiger partial charge in [0.1, 0.15) is 11.6 Å². The molecule has 1 aromatic heterocycles. The maximum Gasteiger partial charge on any atom is 0.251 e. The number of aryl methyl sites for hydroxylation is 2. The second kappa shape index (κ2) is 8.14. The van der Waals surface area contributed by atoms with Gasteiger partial charge in [0.15, 0.2) is 5.69 Å². The van der Waals surface area contributed by atoms with Gasteiger partial charge in [-0.1, -0.05) is 43.3 Å². The number of hydrogen-bond donors (Lipinski definition) is 2. The number of amides is 1. The number of nitrogens with two attached hydrogens (primary N) is 1. The SMILES string of the molecule is CCCc1nc(C(=O)c2ccccc2)c(N)n1-c1cc(C(=O)NC2CC2)ccc1C. The van der Waals surface area contributed by atoms with Crippen LogP contribution in [0.15, 0.2) is 48.5 Å². The lowest BCUT2D eigenvalue weighted by molar-refractivity contribution is 0.0950. The molecule has 1 amide bonds. The summed E-state index contributed by atoms with van der Waals surface area (Å²) in [5, 5.41) is 3.02. The molecule has 0 aliphatic heterocycles. The van der Waals surface area contributed by atoms with Crippen LogP contribution >= 0.6 is 0 Å². The number of carbonyl (C=O) groups excluding carboxylic acids is 2. The van der Waals surface area contributed by atoms with Gasteiger partial charge in [-0.05, 0) is 43.9 Å². The van der Waals surface area contributed by atoms with Gasteiger partial charge in [-0.3, -0.25) is 14.2 Å². The number of carbonyl (C=O) groups is 2. The van der Waals surface area contributed by atoms with Crippen LogP contribution in [-0.4, -0.2) is 27.3 Å². The molecule has 0 bridgehead atoms. The summed E-state index contributed by atoms with van der Waals surface area (Å²) in [7, 11) is 0. The second-order valence-corrected chi connectivity index (χ2v) is 7.79. The lowest BCUT2D eigenvalue weighted by Crippen LogP contribution is -2.25. The number of hydrogen-bond acceptors (Lipinski definition) is 4. The standard InChI is InChI=1S/C24H26N4O2/c1-3-7-20-27-21(22(29)16-8-5-4-6-9-16)23(25)28(20)19-14-17(11-10-15(19)2)24(30)26-18-12-13-18/h4-6,8-11,14,18H,3,7,12-13,25H2,1-2H3,(H,26,30). The van der Waals surface area contributed by atoms with E-state index in [0.29, 0.717) is 23.4 Å². The predicted molar refractivity (Wildman–Crippen MR) is 117 cm³/mol. The van der Waals surface area contributed by atoms with Gasteiger partial charge >= 0.3 is 0 Å². The van der Waals surface area contributed by atoms with Gasteiger partial charge in [0.25, 0.3) is 5.91 Å². The Balaban J connectivity index is 1.79. The summed E-state index contributed by atoms with van der Waals surface area (Å²) in [6.07, 6.45) is 3.59. The zero-order valence-corrected chi connectivity index (χ0v) is 17.3. The van der Waals surface area contributed by atoms with Crippen LogP contribution in [0.4, 0.5) is 5.82 Å². The maximum absolute atomic E-state index is 13.0. The molecule has 1 aliphatic carbocycles. The monoisotopic (exact) mass is 402 g/mol. The Morgan fingerprint density at radius 1 is 1.13 bits per heavy atom. The lowest BCUT2D eigenvalue weighted by atomic mass is 10.1. The number of benzene rings is 2. The fourth-order valence-electron chi connectivity index (χ4n) is 3.52. The Hall–Kier alpha value is -3.41. The maximum atomic E-state index is 13.0. The van der Waals surface area contributed by atoms with Gasteiger partial charge in [-0.2, -0.15) is 0 Å². The first-order valence-electron chi connectivity index (χ1n) is 10.4. The predicted octanol–water partition coefficient (Wildman–Crippen LogP) is 3.84. The van der Waals surface area contributed by atoms with Crippen LogP contribution in [0.25, 0.3) is 5.69 Å². The molecular formula is C24H26N4O2. The number of nitrogen functional groups attached to an aromatic ring is 1. The van der Waals surface area contributed by atoms with E-state index >= 15 is 0 Å². The van der Waals surface area contributed by atoms with Gasteiger partial charge in [0.2, 0.25) is 5.78 Å². The molecule has 0 atom stereocenters. The fraction of sp³-hybridized carbons (Fsp3) is 0.292. The van der Waals surface area contributed by atoms with E-state index in [1.807, 2.05) is 47.9 Å². The van der Waals surface area contributed by atoms with Crippen molar-refractivity contribution in [3.63, 3.8) is 0 Å². The van der Waals surface area contributed by atoms with Gasteiger partial charge in [-0.25, -0.2) is 4.98 Å². The van der Waals surface area contributed by atoms with Crippen molar-refractivity contribution < 1.29 is 9.59 Å². The smallest absolute Gasteiger partial charge is 0.251 e. The topological polar surface area (TPSA) is 90.0 Å². The van der Waals surface area contributed by atoms with E-state index in [2.05, 4.69) is 17.2 Å². The minimum absolute atomic E-state index is 0.0879. The van der Waals surface area contributed by atoms with Crippen LogP contribution in [0, 0.1) is 6.92 Å². The Morgan fingerprint density at radius 3 is 2.53 bits per heavy atom. The van der Waals surface area contributed by atoms with Crippen LogP contribution < -0.4 is 11.1 Å². The highest BCUT2D eigenvalue weighted by atomic mass is 16.1. The highest BCUT2D eigenvalue weighted by molar-refractivity contribution is 6.10. The zero-order valence-electron chi connectivity index (χ0n) is 17.3. The molecule has 3 N–H and O–H groups in total. The van der Waals surface area contributed by atoms with E-state index in [4.69, 9.17) is 5.73 Å². The fourth-order valence-corrected chi connectivity index (χ4v) is 3.52. The number of nitrogens with zero attached hydrogens (tertiary/aromatic N) is 2. The zero-order chi connectivity index (χ0) is 21.3. The van der Waals surface area contributed by atoms with Crippen molar-refractivity contribution in [2.45, 2.75) is 45.6 Å². The molecule has 1 heterocycles. The molecule has 1 fully saturated rings. The van der Waals surface area contributed by atoms with Gasteiger partial charge in [0.05, 0.1) is 5.69 Å². The third-order valence-electron chi connectivity index (χ3n) is 5.33. The van der Waals surface area contributed by atoms with E-state index in [1.165, 1.54) is 0 Å². The summed E-state index contributed by atoms with van der Waals surface area (Å²) in [5.74, 6) is 0.729. The van der Waals surface area contributed by atoms with Gasteiger partial charge in [-0.15, -0.1) is 0 Å². The number of anilines is 1. The molecule has 0 radical (unpaired) electrons. The van der Waals surface area contributed by atoms with Crippen LogP contribution in [0.1, 0.15) is 64.0 Å². The molecule has 4 rings (SSSR count). The van der Waals surface area contributed by atoms with E-state index < -0.39 is 0 Å². The number of aromatic nitrogens is 2. The van der Waals surface area contributed by atoms with Crippen LogP contribution in [0.5, 0.6) is 0 Å². The molecule has 6 nitrogen and oxygen atoms in total. The third-order valence-corrected chi connectivity index (χ3v) is 5.33. The highest BCUT2D eigenvalue weighted by Crippen LogP contribution is 2.27. The quantitative estimate of drug-likeness (QED) is 0.588. The molecule has 2 aromatic carbocycles.